The highest BCUT2D eigenvalue weighted by Gasteiger charge is 2.09. The second kappa shape index (κ2) is 6.84. The lowest BCUT2D eigenvalue weighted by Crippen LogP contribution is -2.19. The first-order chi connectivity index (χ1) is 8.04. The maximum atomic E-state index is 11.9. The normalized spacial score (nSPS) is 11.1. The van der Waals surface area contributed by atoms with Crippen LogP contribution in [-0.4, -0.2) is 15.7 Å². The maximum absolute atomic E-state index is 11.9. The van der Waals surface area contributed by atoms with Crippen molar-refractivity contribution < 1.29 is 0 Å². The van der Waals surface area contributed by atoms with E-state index >= 15 is 0 Å². The first kappa shape index (κ1) is 14.3. The minimum atomic E-state index is 0.0326. The van der Waals surface area contributed by atoms with Gasteiger partial charge in [0.2, 0.25) is 0 Å². The number of rotatable bonds is 6. The van der Waals surface area contributed by atoms with Crippen LogP contribution in [0.5, 0.6) is 0 Å². The summed E-state index contributed by atoms with van der Waals surface area (Å²) in [6.45, 7) is 8.32. The third-order valence-electron chi connectivity index (χ3n) is 2.55. The Hall–Kier alpha value is -0.770. The zero-order valence-corrected chi connectivity index (χ0v) is 12.0. The number of aromatic nitrogens is 2. The molecule has 0 amide bonds. The molecule has 0 unspecified atom stereocenters. The summed E-state index contributed by atoms with van der Waals surface area (Å²) in [6.07, 6.45) is 3.12. The Morgan fingerprint density at radius 3 is 2.65 bits per heavy atom. The zero-order chi connectivity index (χ0) is 12.8. The lowest BCUT2D eigenvalue weighted by atomic mass is 10.0. The average molecular weight is 254 g/mol. The number of aryl methyl sites for hydroxylation is 1. The van der Waals surface area contributed by atoms with Gasteiger partial charge in [-0.1, -0.05) is 39.0 Å². The Bertz CT molecular complexity index is 412. The summed E-state index contributed by atoms with van der Waals surface area (Å²) in [6, 6.07) is 0. The smallest absolute Gasteiger partial charge is 0.254 e. The van der Waals surface area contributed by atoms with Gasteiger partial charge < -0.3 is 4.98 Å². The Morgan fingerprint density at radius 2 is 2.12 bits per heavy atom. The van der Waals surface area contributed by atoms with Gasteiger partial charge in [0.1, 0.15) is 0 Å². The molecule has 0 aliphatic heterocycles. The molecule has 0 radical (unpaired) electrons. The fourth-order valence-electron chi connectivity index (χ4n) is 1.61. The molecule has 0 atom stereocenters. The number of hydrogen-bond acceptors (Lipinski definition) is 3. The van der Waals surface area contributed by atoms with Crippen LogP contribution in [0.1, 0.15) is 44.9 Å². The van der Waals surface area contributed by atoms with Gasteiger partial charge in [0.15, 0.2) is 5.16 Å². The number of hydrogen-bond donors (Lipinski definition) is 1. The van der Waals surface area contributed by atoms with Crippen molar-refractivity contribution in [3.05, 3.63) is 21.6 Å². The molecule has 0 fully saturated rings. The molecule has 3 nitrogen and oxygen atoms in total. The lowest BCUT2D eigenvalue weighted by molar-refractivity contribution is 0.631. The quantitative estimate of drug-likeness (QED) is 0.482. The van der Waals surface area contributed by atoms with Gasteiger partial charge in [-0.3, -0.25) is 4.79 Å². The Morgan fingerprint density at radius 1 is 1.41 bits per heavy atom. The summed E-state index contributed by atoms with van der Waals surface area (Å²) in [5.74, 6) is 1.50. The summed E-state index contributed by atoms with van der Waals surface area (Å²) in [4.78, 5) is 19.3. The minimum Gasteiger partial charge on any atom is -0.301 e. The molecule has 0 saturated heterocycles. The third-order valence-corrected chi connectivity index (χ3v) is 3.51. The van der Waals surface area contributed by atoms with Gasteiger partial charge >= 0.3 is 0 Å². The van der Waals surface area contributed by atoms with Crippen molar-refractivity contribution in [2.75, 3.05) is 5.75 Å². The summed E-state index contributed by atoms with van der Waals surface area (Å²) in [7, 11) is 0. The number of unbranched alkanes of at least 4 members (excludes halogenated alkanes) is 1. The predicted molar refractivity (Wildman–Crippen MR) is 73.8 cm³/mol. The van der Waals surface area contributed by atoms with E-state index in [9.17, 15) is 4.79 Å². The standard InChI is InChI=1S/C13H22N2OS/c1-5-6-7-17-13-14-10(4)11(8-9(2)3)12(16)15-13/h9H,5-8H2,1-4H3,(H,14,15,16). The van der Waals surface area contributed by atoms with E-state index < -0.39 is 0 Å². The molecule has 1 aromatic rings. The van der Waals surface area contributed by atoms with Crippen LogP contribution in [0.15, 0.2) is 9.95 Å². The molecule has 1 rings (SSSR count). The lowest BCUT2D eigenvalue weighted by Gasteiger charge is -2.08. The zero-order valence-electron chi connectivity index (χ0n) is 11.2. The van der Waals surface area contributed by atoms with Gasteiger partial charge in [0.25, 0.3) is 5.56 Å². The molecule has 4 heteroatoms. The highest BCUT2D eigenvalue weighted by Crippen LogP contribution is 2.15. The van der Waals surface area contributed by atoms with E-state index in [-0.39, 0.29) is 5.56 Å². The van der Waals surface area contributed by atoms with Crippen molar-refractivity contribution in [1.29, 1.82) is 0 Å². The first-order valence-corrected chi connectivity index (χ1v) is 7.25. The van der Waals surface area contributed by atoms with Crippen LogP contribution in [0, 0.1) is 12.8 Å². The molecule has 0 aromatic carbocycles. The van der Waals surface area contributed by atoms with Gasteiger partial charge in [-0.05, 0) is 25.7 Å². The van der Waals surface area contributed by atoms with E-state index in [0.717, 1.165) is 35.0 Å². The van der Waals surface area contributed by atoms with Crippen LogP contribution < -0.4 is 5.56 Å². The van der Waals surface area contributed by atoms with Crippen molar-refractivity contribution in [2.45, 2.75) is 52.1 Å². The minimum absolute atomic E-state index is 0.0326. The highest BCUT2D eigenvalue weighted by molar-refractivity contribution is 7.99. The van der Waals surface area contributed by atoms with E-state index in [1.165, 1.54) is 6.42 Å². The summed E-state index contributed by atoms with van der Waals surface area (Å²) >= 11 is 1.63. The van der Waals surface area contributed by atoms with Crippen LogP contribution in [0.4, 0.5) is 0 Å². The summed E-state index contributed by atoms with van der Waals surface area (Å²) in [5.41, 5.74) is 1.74. The van der Waals surface area contributed by atoms with Gasteiger partial charge in [0.05, 0.1) is 0 Å². The topological polar surface area (TPSA) is 45.8 Å². The van der Waals surface area contributed by atoms with Gasteiger partial charge in [-0.25, -0.2) is 4.98 Å². The van der Waals surface area contributed by atoms with Gasteiger partial charge in [-0.15, -0.1) is 0 Å². The Kier molecular flexibility index (Phi) is 5.75. The maximum Gasteiger partial charge on any atom is 0.254 e. The van der Waals surface area contributed by atoms with E-state index in [1.807, 2.05) is 6.92 Å². The molecular formula is C13H22N2OS. The molecule has 1 heterocycles. The number of thioether (sulfide) groups is 1. The van der Waals surface area contributed by atoms with Crippen molar-refractivity contribution in [1.82, 2.24) is 9.97 Å². The molecular weight excluding hydrogens is 232 g/mol. The van der Waals surface area contributed by atoms with Crippen molar-refractivity contribution >= 4 is 11.8 Å². The van der Waals surface area contributed by atoms with Gasteiger partial charge in [-0.2, -0.15) is 0 Å². The highest BCUT2D eigenvalue weighted by atomic mass is 32.2. The van der Waals surface area contributed by atoms with E-state index in [0.29, 0.717) is 5.92 Å². The molecule has 96 valence electrons. The molecule has 0 spiro atoms. The summed E-state index contributed by atoms with van der Waals surface area (Å²) in [5, 5.41) is 0.758. The summed E-state index contributed by atoms with van der Waals surface area (Å²) < 4.78 is 0. The predicted octanol–water partition coefficient (Wildman–Crippen LogP) is 3.17. The number of aromatic amines is 1. The van der Waals surface area contributed by atoms with Crippen molar-refractivity contribution in [3.8, 4) is 0 Å². The Balaban J connectivity index is 2.82. The van der Waals surface area contributed by atoms with Gasteiger partial charge in [0, 0.05) is 17.0 Å². The third kappa shape index (κ3) is 4.54. The second-order valence-corrected chi connectivity index (χ2v) is 5.82. The fourth-order valence-corrected chi connectivity index (χ4v) is 2.61. The molecule has 0 bridgehead atoms. The van der Waals surface area contributed by atoms with E-state index in [2.05, 4.69) is 30.7 Å². The number of nitrogens with one attached hydrogen (secondary N) is 1. The molecule has 1 aromatic heterocycles. The average Bonchev–Trinajstić information content (AvgIpc) is 2.24. The van der Waals surface area contributed by atoms with Crippen molar-refractivity contribution in [3.63, 3.8) is 0 Å². The Labute approximate surface area is 107 Å². The largest absolute Gasteiger partial charge is 0.301 e. The molecule has 17 heavy (non-hydrogen) atoms. The van der Waals surface area contributed by atoms with Crippen molar-refractivity contribution in [2.24, 2.45) is 5.92 Å². The van der Waals surface area contributed by atoms with Crippen LogP contribution in [-0.2, 0) is 6.42 Å². The number of H-pyrrole nitrogens is 1. The number of nitrogens with zero attached hydrogens (tertiary/aromatic N) is 1. The van der Waals surface area contributed by atoms with E-state index in [4.69, 9.17) is 0 Å². The molecule has 0 aliphatic carbocycles. The van der Waals surface area contributed by atoms with Crippen LogP contribution in [0.25, 0.3) is 0 Å². The van der Waals surface area contributed by atoms with Crippen LogP contribution >= 0.6 is 11.8 Å². The first-order valence-electron chi connectivity index (χ1n) is 6.27. The van der Waals surface area contributed by atoms with Crippen LogP contribution in [0.3, 0.4) is 0 Å². The SMILES string of the molecule is CCCCSc1nc(C)c(CC(C)C)c(=O)[nH]1. The fraction of sp³-hybridized carbons (Fsp3) is 0.692. The molecule has 0 aliphatic rings. The molecule has 0 saturated carbocycles. The van der Waals surface area contributed by atoms with E-state index in [1.54, 1.807) is 11.8 Å². The monoisotopic (exact) mass is 254 g/mol. The second-order valence-electron chi connectivity index (χ2n) is 4.74. The molecule has 1 N–H and O–H groups in total. The van der Waals surface area contributed by atoms with Crippen LogP contribution in [0.2, 0.25) is 0 Å².